The van der Waals surface area contributed by atoms with Gasteiger partial charge in [0.2, 0.25) is 5.84 Å². The highest BCUT2D eigenvalue weighted by atomic mass is 15.2. The SMILES string of the molecule is CCCCCCCCCCCC1=NC=C[NH+]1C(C)C#N.c1ccc([B-](c2ccccc2)(c2ccccc2)c2ccccc2)cc1. The maximum Gasteiger partial charge on any atom is 0.206 e. The average Bonchev–Trinajstić information content (AvgIpc) is 3.58. The van der Waals surface area contributed by atoms with E-state index < -0.39 is 6.15 Å². The van der Waals surface area contributed by atoms with Crippen molar-refractivity contribution in [3.8, 4) is 6.07 Å². The first-order valence-corrected chi connectivity index (χ1v) is 17.1. The van der Waals surface area contributed by atoms with Crippen LogP contribution in [0.15, 0.2) is 139 Å². The van der Waals surface area contributed by atoms with Gasteiger partial charge < -0.3 is 0 Å². The van der Waals surface area contributed by atoms with Gasteiger partial charge in [-0.25, -0.2) is 9.89 Å². The molecule has 2 unspecified atom stereocenters. The Kier molecular flexibility index (Phi) is 13.9. The molecule has 4 aromatic carbocycles. The summed E-state index contributed by atoms with van der Waals surface area (Å²) in [5.74, 6) is 1.14. The minimum absolute atomic E-state index is 0.0222. The lowest BCUT2D eigenvalue weighted by Crippen LogP contribution is -3.12. The third kappa shape index (κ3) is 9.16. The van der Waals surface area contributed by atoms with Crippen molar-refractivity contribution in [2.75, 3.05) is 0 Å². The highest BCUT2D eigenvalue weighted by Crippen LogP contribution is 2.11. The summed E-state index contributed by atoms with van der Waals surface area (Å²) < 4.78 is 0. The summed E-state index contributed by atoms with van der Waals surface area (Å²) in [5.41, 5.74) is 5.36. The number of amidine groups is 1. The average molecular weight is 596 g/mol. The van der Waals surface area contributed by atoms with Gasteiger partial charge in [0.1, 0.15) is 18.4 Å². The lowest BCUT2D eigenvalue weighted by Gasteiger charge is -2.44. The van der Waals surface area contributed by atoms with E-state index in [0.29, 0.717) is 0 Å². The quantitative estimate of drug-likeness (QED) is 0.121. The van der Waals surface area contributed by atoms with Crippen LogP contribution in [0.4, 0.5) is 0 Å². The number of aliphatic imine (C=N–C) groups is 1. The van der Waals surface area contributed by atoms with Crippen LogP contribution in [0.25, 0.3) is 0 Å². The number of rotatable bonds is 15. The number of quaternary nitrogens is 1. The fraction of sp³-hybridized carbons (Fsp3) is 0.317. The second-order valence-corrected chi connectivity index (χ2v) is 12.3. The van der Waals surface area contributed by atoms with E-state index in [0.717, 1.165) is 17.2 Å². The molecule has 0 radical (unpaired) electrons. The van der Waals surface area contributed by atoms with Gasteiger partial charge in [0.15, 0.2) is 6.04 Å². The molecule has 0 amide bonds. The van der Waals surface area contributed by atoms with Crippen LogP contribution in [0.5, 0.6) is 0 Å². The Morgan fingerprint density at radius 1 is 0.600 bits per heavy atom. The molecule has 45 heavy (non-hydrogen) atoms. The van der Waals surface area contributed by atoms with Gasteiger partial charge in [-0.3, -0.25) is 0 Å². The van der Waals surface area contributed by atoms with Crippen molar-refractivity contribution in [3.05, 3.63) is 134 Å². The Labute approximate surface area is 272 Å². The van der Waals surface area contributed by atoms with Crippen molar-refractivity contribution in [3.63, 3.8) is 0 Å². The lowest BCUT2D eigenvalue weighted by molar-refractivity contribution is -0.764. The van der Waals surface area contributed by atoms with E-state index in [2.05, 4.69) is 139 Å². The Bertz CT molecular complexity index is 1310. The van der Waals surface area contributed by atoms with Crippen LogP contribution in [-0.2, 0) is 0 Å². The number of hydrogen-bond acceptors (Lipinski definition) is 2. The highest BCUT2D eigenvalue weighted by Gasteiger charge is 2.31. The molecule has 5 rings (SSSR count). The summed E-state index contributed by atoms with van der Waals surface area (Å²) in [6.45, 7) is 4.22. The number of nitrogens with one attached hydrogen (secondary N) is 1. The molecule has 1 aliphatic rings. The van der Waals surface area contributed by atoms with Gasteiger partial charge in [-0.2, -0.15) is 27.1 Å². The highest BCUT2D eigenvalue weighted by molar-refractivity contribution is 7.19. The largest absolute Gasteiger partial charge is 0.248 e. The molecule has 1 N–H and O–H groups in total. The van der Waals surface area contributed by atoms with E-state index in [4.69, 9.17) is 5.26 Å². The molecule has 3 nitrogen and oxygen atoms in total. The van der Waals surface area contributed by atoms with Crippen molar-refractivity contribution in [2.45, 2.75) is 84.1 Å². The second-order valence-electron chi connectivity index (χ2n) is 12.3. The molecular formula is C41H50BN3. The number of benzene rings is 4. The van der Waals surface area contributed by atoms with Crippen LogP contribution in [0.2, 0.25) is 0 Å². The monoisotopic (exact) mass is 595 g/mol. The van der Waals surface area contributed by atoms with E-state index in [1.807, 2.05) is 19.3 Å². The van der Waals surface area contributed by atoms with Gasteiger partial charge in [0.25, 0.3) is 0 Å². The number of unbranched alkanes of at least 4 members (excludes halogenated alkanes) is 8. The Hall–Kier alpha value is -4.20. The second kappa shape index (κ2) is 18.6. The van der Waals surface area contributed by atoms with Crippen LogP contribution in [0.1, 0.15) is 78.1 Å². The van der Waals surface area contributed by atoms with E-state index in [1.165, 1.54) is 79.6 Å². The summed E-state index contributed by atoms with van der Waals surface area (Å²) >= 11 is 0. The van der Waals surface area contributed by atoms with Crippen molar-refractivity contribution in [2.24, 2.45) is 4.99 Å². The van der Waals surface area contributed by atoms with Crippen molar-refractivity contribution >= 4 is 33.8 Å². The molecule has 4 aromatic rings. The van der Waals surface area contributed by atoms with Gasteiger partial charge in [0, 0.05) is 13.3 Å². The molecule has 0 saturated heterocycles. The fourth-order valence-corrected chi connectivity index (χ4v) is 6.78. The zero-order chi connectivity index (χ0) is 31.6. The molecule has 232 valence electrons. The van der Waals surface area contributed by atoms with Gasteiger partial charge in [-0.15, -0.1) is 0 Å². The van der Waals surface area contributed by atoms with Crippen molar-refractivity contribution in [1.82, 2.24) is 0 Å². The molecule has 4 heteroatoms. The molecular weight excluding hydrogens is 545 g/mol. The minimum atomic E-state index is -1.22. The molecule has 2 atom stereocenters. The Morgan fingerprint density at radius 2 is 0.978 bits per heavy atom. The van der Waals surface area contributed by atoms with Gasteiger partial charge in [-0.05, 0) is 6.42 Å². The predicted molar refractivity (Wildman–Crippen MR) is 195 cm³/mol. The zero-order valence-electron chi connectivity index (χ0n) is 27.3. The maximum atomic E-state index is 8.98. The first-order valence-electron chi connectivity index (χ1n) is 17.1. The standard InChI is InChI=1S/C24H20B.C17H29N3/c1-5-13-21(14-6-1)25(22-15-7-2-8-16-22,23-17-9-3-10-18-23)24-19-11-4-12-20-24;1-3-4-5-6-7-8-9-10-11-12-17-19-13-14-20(17)16(2)15-18/h1-20H;13-14,16H,3-12H2,1-2H3/q-1;/p+1. The first kappa shape index (κ1) is 33.7. The molecule has 0 spiro atoms. The predicted octanol–water partition coefficient (Wildman–Crippen LogP) is 6.65. The number of hydrogen-bond donors (Lipinski definition) is 1. The number of nitriles is 1. The zero-order valence-corrected chi connectivity index (χ0v) is 27.3. The molecule has 0 aliphatic carbocycles. The fourth-order valence-electron chi connectivity index (χ4n) is 6.78. The Balaban J connectivity index is 0.000000211. The topological polar surface area (TPSA) is 40.6 Å². The third-order valence-corrected chi connectivity index (χ3v) is 9.19. The molecule has 1 aliphatic heterocycles. The van der Waals surface area contributed by atoms with E-state index >= 15 is 0 Å². The van der Waals surface area contributed by atoms with Crippen LogP contribution >= 0.6 is 0 Å². The number of nitrogens with zero attached hydrogens (tertiary/aromatic N) is 2. The molecule has 0 aromatic heterocycles. The van der Waals surface area contributed by atoms with E-state index in [-0.39, 0.29) is 6.04 Å². The normalized spacial score (nSPS) is 14.6. The summed E-state index contributed by atoms with van der Waals surface area (Å²) in [7, 11) is 0. The third-order valence-electron chi connectivity index (χ3n) is 9.19. The minimum Gasteiger partial charge on any atom is -0.248 e. The van der Waals surface area contributed by atoms with Gasteiger partial charge in [0.05, 0.1) is 6.20 Å². The molecule has 0 fully saturated rings. The van der Waals surface area contributed by atoms with E-state index in [1.54, 1.807) is 0 Å². The molecule has 1 heterocycles. The van der Waals surface area contributed by atoms with Crippen LogP contribution in [-0.4, -0.2) is 18.0 Å². The van der Waals surface area contributed by atoms with Gasteiger partial charge >= 0.3 is 0 Å². The summed E-state index contributed by atoms with van der Waals surface area (Å²) in [4.78, 5) is 5.53. The van der Waals surface area contributed by atoms with Crippen LogP contribution in [0.3, 0.4) is 0 Å². The summed E-state index contributed by atoms with van der Waals surface area (Å²) in [6.07, 6.45) is 15.8. The summed E-state index contributed by atoms with van der Waals surface area (Å²) in [6, 6.07) is 45.8. The van der Waals surface area contributed by atoms with Crippen molar-refractivity contribution in [1.29, 1.82) is 5.26 Å². The lowest BCUT2D eigenvalue weighted by atomic mass is 9.13. The molecule has 0 bridgehead atoms. The van der Waals surface area contributed by atoms with Crippen molar-refractivity contribution < 1.29 is 4.90 Å². The molecule has 0 saturated carbocycles. The summed E-state index contributed by atoms with van der Waals surface area (Å²) in [5, 5.41) is 8.98. The first-order chi connectivity index (χ1) is 22.2. The van der Waals surface area contributed by atoms with Crippen LogP contribution < -0.4 is 26.8 Å². The van der Waals surface area contributed by atoms with Crippen LogP contribution in [0, 0.1) is 11.3 Å². The Morgan fingerprint density at radius 3 is 1.36 bits per heavy atom. The maximum absolute atomic E-state index is 8.98. The van der Waals surface area contributed by atoms with Gasteiger partial charge in [-0.1, -0.05) is 180 Å². The smallest absolute Gasteiger partial charge is 0.206 e. The van der Waals surface area contributed by atoms with E-state index in [9.17, 15) is 0 Å².